The summed E-state index contributed by atoms with van der Waals surface area (Å²) < 4.78 is 5.46. The summed E-state index contributed by atoms with van der Waals surface area (Å²) in [6.07, 6.45) is 3.65. The molecule has 2 aromatic rings. The van der Waals surface area contributed by atoms with Crippen molar-refractivity contribution in [3.8, 4) is 0 Å². The summed E-state index contributed by atoms with van der Waals surface area (Å²) in [7, 11) is 0. The summed E-state index contributed by atoms with van der Waals surface area (Å²) in [6, 6.07) is 8.38. The minimum atomic E-state index is 0.768. The van der Waals surface area contributed by atoms with Gasteiger partial charge in [0.15, 0.2) is 0 Å². The first-order valence-electron chi connectivity index (χ1n) is 6.58. The van der Waals surface area contributed by atoms with Gasteiger partial charge in [-0.1, -0.05) is 23.8 Å². The van der Waals surface area contributed by atoms with E-state index >= 15 is 0 Å². The van der Waals surface area contributed by atoms with Crippen molar-refractivity contribution in [3.63, 3.8) is 0 Å². The first-order chi connectivity index (χ1) is 9.11. The van der Waals surface area contributed by atoms with E-state index in [1.165, 1.54) is 22.4 Å². The van der Waals surface area contributed by atoms with Crippen LogP contribution >= 0.6 is 0 Å². The average Bonchev–Trinajstić information content (AvgIpc) is 2.80. The minimum absolute atomic E-state index is 0.768. The second-order valence-electron chi connectivity index (χ2n) is 5.00. The monoisotopic (exact) mass is 255 g/mol. The van der Waals surface area contributed by atoms with E-state index in [-0.39, 0.29) is 0 Å². The lowest BCUT2D eigenvalue weighted by Crippen LogP contribution is -2.24. The summed E-state index contributed by atoms with van der Waals surface area (Å²) in [4.78, 5) is 2.30. The molecule has 0 spiro atoms. The highest BCUT2D eigenvalue weighted by Gasteiger charge is 2.13. The van der Waals surface area contributed by atoms with Gasteiger partial charge in [-0.15, -0.1) is 6.58 Å². The van der Waals surface area contributed by atoms with Crippen molar-refractivity contribution in [1.82, 2.24) is 0 Å². The molecule has 0 N–H and O–H groups in total. The molecule has 0 radical (unpaired) electrons. The maximum atomic E-state index is 5.46. The normalized spacial score (nSPS) is 10.5. The van der Waals surface area contributed by atoms with Gasteiger partial charge >= 0.3 is 0 Å². The van der Waals surface area contributed by atoms with Gasteiger partial charge < -0.3 is 9.32 Å². The molecule has 0 bridgehead atoms. The largest absolute Gasteiger partial charge is 0.467 e. The first-order valence-corrected chi connectivity index (χ1v) is 6.58. The van der Waals surface area contributed by atoms with Crippen molar-refractivity contribution >= 4 is 5.69 Å². The van der Waals surface area contributed by atoms with Crippen molar-refractivity contribution < 1.29 is 4.42 Å². The van der Waals surface area contributed by atoms with E-state index in [1.807, 2.05) is 18.2 Å². The number of anilines is 1. The molecular weight excluding hydrogens is 234 g/mol. The second-order valence-corrected chi connectivity index (χ2v) is 5.00. The SMILES string of the molecule is C=CCN(Cc1ccco1)c1c(C)cc(C)cc1C. The zero-order valence-corrected chi connectivity index (χ0v) is 11.9. The van der Waals surface area contributed by atoms with Crippen LogP contribution in [0, 0.1) is 20.8 Å². The van der Waals surface area contributed by atoms with Crippen molar-refractivity contribution in [2.75, 3.05) is 11.4 Å². The molecule has 0 aliphatic heterocycles. The van der Waals surface area contributed by atoms with Gasteiger partial charge in [0.1, 0.15) is 5.76 Å². The second kappa shape index (κ2) is 5.79. The molecular formula is C17H21NO. The van der Waals surface area contributed by atoms with Gasteiger partial charge in [-0.05, 0) is 44.0 Å². The molecule has 2 nitrogen and oxygen atoms in total. The quantitative estimate of drug-likeness (QED) is 0.736. The third-order valence-corrected chi connectivity index (χ3v) is 3.23. The van der Waals surface area contributed by atoms with Gasteiger partial charge in [0.2, 0.25) is 0 Å². The zero-order chi connectivity index (χ0) is 13.8. The van der Waals surface area contributed by atoms with Crippen LogP contribution < -0.4 is 4.90 Å². The lowest BCUT2D eigenvalue weighted by molar-refractivity contribution is 0.505. The van der Waals surface area contributed by atoms with E-state index < -0.39 is 0 Å². The van der Waals surface area contributed by atoms with Crippen LogP contribution in [0.2, 0.25) is 0 Å². The Balaban J connectivity index is 2.36. The summed E-state index contributed by atoms with van der Waals surface area (Å²) >= 11 is 0. The van der Waals surface area contributed by atoms with Crippen molar-refractivity contribution in [2.45, 2.75) is 27.3 Å². The van der Waals surface area contributed by atoms with Gasteiger partial charge in [0, 0.05) is 12.2 Å². The van der Waals surface area contributed by atoms with Gasteiger partial charge in [-0.3, -0.25) is 0 Å². The van der Waals surface area contributed by atoms with Gasteiger partial charge in [-0.25, -0.2) is 0 Å². The lowest BCUT2D eigenvalue weighted by Gasteiger charge is -2.26. The molecule has 0 saturated heterocycles. The first kappa shape index (κ1) is 13.5. The highest BCUT2D eigenvalue weighted by molar-refractivity contribution is 5.60. The Morgan fingerprint density at radius 2 is 1.89 bits per heavy atom. The van der Waals surface area contributed by atoms with Crippen LogP contribution in [-0.4, -0.2) is 6.54 Å². The van der Waals surface area contributed by atoms with Gasteiger partial charge in [0.25, 0.3) is 0 Å². The molecule has 1 aromatic carbocycles. The average molecular weight is 255 g/mol. The Hall–Kier alpha value is -1.96. The van der Waals surface area contributed by atoms with Crippen LogP contribution in [0.5, 0.6) is 0 Å². The Morgan fingerprint density at radius 1 is 1.21 bits per heavy atom. The molecule has 0 amide bonds. The van der Waals surface area contributed by atoms with Gasteiger partial charge in [-0.2, -0.15) is 0 Å². The maximum absolute atomic E-state index is 5.46. The number of rotatable bonds is 5. The van der Waals surface area contributed by atoms with Crippen LogP contribution in [-0.2, 0) is 6.54 Å². The smallest absolute Gasteiger partial charge is 0.123 e. The summed E-state index contributed by atoms with van der Waals surface area (Å²) in [5, 5.41) is 0. The third-order valence-electron chi connectivity index (χ3n) is 3.23. The lowest BCUT2D eigenvalue weighted by atomic mass is 10.0. The molecule has 0 fully saturated rings. The molecule has 0 unspecified atom stereocenters. The molecule has 19 heavy (non-hydrogen) atoms. The zero-order valence-electron chi connectivity index (χ0n) is 11.9. The highest BCUT2D eigenvalue weighted by atomic mass is 16.3. The van der Waals surface area contributed by atoms with E-state index in [4.69, 9.17) is 4.42 Å². The molecule has 0 aliphatic carbocycles. The topological polar surface area (TPSA) is 16.4 Å². The number of nitrogens with zero attached hydrogens (tertiary/aromatic N) is 1. The van der Waals surface area contributed by atoms with Crippen LogP contribution in [0.4, 0.5) is 5.69 Å². The van der Waals surface area contributed by atoms with Crippen LogP contribution in [0.3, 0.4) is 0 Å². The number of hydrogen-bond donors (Lipinski definition) is 0. The number of furan rings is 1. The van der Waals surface area contributed by atoms with Crippen LogP contribution in [0.15, 0.2) is 47.6 Å². The standard InChI is InChI=1S/C17H21NO/c1-5-8-18(12-16-7-6-9-19-16)17-14(3)10-13(2)11-15(17)4/h5-7,9-11H,1,8,12H2,2-4H3. The molecule has 2 rings (SSSR count). The van der Waals surface area contributed by atoms with Gasteiger partial charge in [0.05, 0.1) is 12.8 Å². The van der Waals surface area contributed by atoms with E-state index in [0.29, 0.717) is 0 Å². The Bertz CT molecular complexity index is 532. The number of aryl methyl sites for hydroxylation is 3. The number of benzene rings is 1. The summed E-state index contributed by atoms with van der Waals surface area (Å²) in [6.45, 7) is 11.9. The van der Waals surface area contributed by atoms with Crippen molar-refractivity contribution in [3.05, 3.63) is 65.6 Å². The Labute approximate surface area is 115 Å². The molecule has 0 saturated carbocycles. The Morgan fingerprint density at radius 3 is 2.42 bits per heavy atom. The van der Waals surface area contributed by atoms with Crippen molar-refractivity contribution in [1.29, 1.82) is 0 Å². The molecule has 1 aromatic heterocycles. The predicted octanol–water partition coefficient (Wildman–Crippen LogP) is 4.40. The third kappa shape index (κ3) is 3.08. The summed E-state index contributed by atoms with van der Waals surface area (Å²) in [5.41, 5.74) is 5.18. The van der Waals surface area contributed by atoms with E-state index in [1.54, 1.807) is 6.26 Å². The van der Waals surface area contributed by atoms with E-state index in [0.717, 1.165) is 18.8 Å². The Kier molecular flexibility index (Phi) is 4.10. The van der Waals surface area contributed by atoms with E-state index in [9.17, 15) is 0 Å². The van der Waals surface area contributed by atoms with Crippen LogP contribution in [0.25, 0.3) is 0 Å². The fourth-order valence-electron chi connectivity index (χ4n) is 2.65. The fraction of sp³-hybridized carbons (Fsp3) is 0.294. The van der Waals surface area contributed by atoms with Crippen molar-refractivity contribution in [2.24, 2.45) is 0 Å². The molecule has 0 aliphatic rings. The predicted molar refractivity (Wildman–Crippen MR) is 80.6 cm³/mol. The maximum Gasteiger partial charge on any atom is 0.123 e. The van der Waals surface area contributed by atoms with E-state index in [2.05, 4.69) is 44.4 Å². The minimum Gasteiger partial charge on any atom is -0.467 e. The molecule has 0 atom stereocenters. The molecule has 100 valence electrons. The fourth-order valence-corrected chi connectivity index (χ4v) is 2.65. The van der Waals surface area contributed by atoms with Crippen LogP contribution in [0.1, 0.15) is 22.5 Å². The number of hydrogen-bond acceptors (Lipinski definition) is 2. The molecule has 2 heteroatoms. The highest BCUT2D eigenvalue weighted by Crippen LogP contribution is 2.27. The molecule has 1 heterocycles. The summed E-state index contributed by atoms with van der Waals surface area (Å²) in [5.74, 6) is 0.973.